The molecule has 0 saturated carbocycles. The van der Waals surface area contributed by atoms with Gasteiger partial charge in [0.25, 0.3) is 5.69 Å². The number of benzene rings is 1. The first-order chi connectivity index (χ1) is 19.0. The third-order valence-corrected chi connectivity index (χ3v) is 5.98. The number of non-ortho nitro benzene ring substituents is 1. The minimum absolute atomic E-state index is 0.00717. The smallest absolute Gasteiger partial charge is 0.340 e. The normalized spacial score (nSPS) is 14.0. The van der Waals surface area contributed by atoms with Gasteiger partial charge in [0, 0.05) is 29.4 Å². The van der Waals surface area contributed by atoms with Crippen LogP contribution in [-0.2, 0) is 38.1 Å². The van der Waals surface area contributed by atoms with Crippen LogP contribution in [0, 0.1) is 16.0 Å². The van der Waals surface area contributed by atoms with Gasteiger partial charge in [0.2, 0.25) is 6.04 Å². The van der Waals surface area contributed by atoms with Crippen LogP contribution in [0.3, 0.4) is 0 Å². The SMILES string of the molecule is CCOC(=O)C1=C(C)N(C(C(=O)OCC)C(=O)OCC)C(C)=C(C(=O)OCC)C1/C=C/c1ccc([N+](=O)[O-])cc1. The summed E-state index contributed by atoms with van der Waals surface area (Å²) in [6.45, 7) is 9.42. The van der Waals surface area contributed by atoms with Gasteiger partial charge in [-0.05, 0) is 59.2 Å². The Hall–Kier alpha value is -4.48. The Kier molecular flexibility index (Phi) is 11.6. The first kappa shape index (κ1) is 31.7. The van der Waals surface area contributed by atoms with Crippen LogP contribution in [0.15, 0.2) is 52.9 Å². The lowest BCUT2D eigenvalue weighted by Gasteiger charge is -2.39. The van der Waals surface area contributed by atoms with Crippen molar-refractivity contribution in [2.45, 2.75) is 47.6 Å². The van der Waals surface area contributed by atoms with Crippen molar-refractivity contribution in [3.05, 3.63) is 68.6 Å². The molecular weight excluding hydrogens is 524 g/mol. The van der Waals surface area contributed by atoms with Gasteiger partial charge >= 0.3 is 23.9 Å². The van der Waals surface area contributed by atoms with E-state index in [0.29, 0.717) is 5.56 Å². The maximum Gasteiger partial charge on any atom is 0.340 e. The second-order valence-corrected chi connectivity index (χ2v) is 8.40. The highest BCUT2D eigenvalue weighted by atomic mass is 16.6. The van der Waals surface area contributed by atoms with Gasteiger partial charge in [-0.25, -0.2) is 19.2 Å². The monoisotopic (exact) mass is 558 g/mol. The van der Waals surface area contributed by atoms with Crippen molar-refractivity contribution in [2.24, 2.45) is 5.92 Å². The lowest BCUT2D eigenvalue weighted by Crippen LogP contribution is -2.50. The third-order valence-electron chi connectivity index (χ3n) is 5.98. The van der Waals surface area contributed by atoms with E-state index in [9.17, 15) is 29.3 Å². The molecule has 0 bridgehead atoms. The minimum atomic E-state index is -1.65. The zero-order chi connectivity index (χ0) is 30.0. The summed E-state index contributed by atoms with van der Waals surface area (Å²) in [5.41, 5.74) is 0.799. The van der Waals surface area contributed by atoms with Gasteiger partial charge in [-0.1, -0.05) is 12.2 Å². The van der Waals surface area contributed by atoms with Crippen LogP contribution in [0.4, 0.5) is 5.69 Å². The van der Waals surface area contributed by atoms with E-state index < -0.39 is 40.8 Å². The number of carbonyl (C=O) groups is 4. The van der Waals surface area contributed by atoms with Crippen LogP contribution in [0.2, 0.25) is 0 Å². The van der Waals surface area contributed by atoms with Crippen molar-refractivity contribution in [2.75, 3.05) is 26.4 Å². The molecule has 0 fully saturated rings. The van der Waals surface area contributed by atoms with Crippen LogP contribution in [0.1, 0.15) is 47.1 Å². The molecule has 40 heavy (non-hydrogen) atoms. The number of esters is 4. The second-order valence-electron chi connectivity index (χ2n) is 8.40. The number of nitrogens with zero attached hydrogens (tertiary/aromatic N) is 2. The maximum absolute atomic E-state index is 13.3. The molecule has 0 aliphatic carbocycles. The van der Waals surface area contributed by atoms with Gasteiger partial charge in [0.1, 0.15) is 0 Å². The van der Waals surface area contributed by atoms with Gasteiger partial charge in [-0.3, -0.25) is 10.1 Å². The average Bonchev–Trinajstić information content (AvgIpc) is 2.90. The van der Waals surface area contributed by atoms with Crippen LogP contribution in [-0.4, -0.2) is 66.2 Å². The van der Waals surface area contributed by atoms with E-state index in [2.05, 4.69) is 0 Å². The number of allylic oxidation sites excluding steroid dienone is 3. The second kappa shape index (κ2) is 14.6. The van der Waals surface area contributed by atoms with Crippen molar-refractivity contribution < 1.29 is 43.0 Å². The molecule has 1 aliphatic rings. The van der Waals surface area contributed by atoms with E-state index in [1.165, 1.54) is 43.0 Å². The van der Waals surface area contributed by atoms with E-state index in [0.717, 1.165) is 0 Å². The Morgan fingerprint density at radius 2 is 1.25 bits per heavy atom. The highest BCUT2D eigenvalue weighted by Crippen LogP contribution is 2.39. The predicted octanol–water partition coefficient (Wildman–Crippen LogP) is 3.71. The fourth-order valence-electron chi connectivity index (χ4n) is 4.32. The molecule has 0 amide bonds. The average molecular weight is 559 g/mol. The summed E-state index contributed by atoms with van der Waals surface area (Å²) < 4.78 is 20.9. The molecule has 1 heterocycles. The molecule has 12 heteroatoms. The fraction of sp³-hybridized carbons (Fsp3) is 0.429. The summed E-state index contributed by atoms with van der Waals surface area (Å²) in [4.78, 5) is 64.4. The van der Waals surface area contributed by atoms with E-state index in [4.69, 9.17) is 18.9 Å². The van der Waals surface area contributed by atoms with Crippen LogP contribution >= 0.6 is 0 Å². The van der Waals surface area contributed by atoms with Crippen molar-refractivity contribution in [1.82, 2.24) is 4.90 Å². The Labute approximate surface area is 232 Å². The van der Waals surface area contributed by atoms with Gasteiger partial charge < -0.3 is 23.8 Å². The van der Waals surface area contributed by atoms with Gasteiger partial charge in [0.15, 0.2) is 0 Å². The van der Waals surface area contributed by atoms with E-state index in [1.807, 2.05) is 0 Å². The Morgan fingerprint density at radius 1 is 0.825 bits per heavy atom. The molecule has 2 rings (SSSR count). The largest absolute Gasteiger partial charge is 0.464 e. The van der Waals surface area contributed by atoms with Crippen LogP contribution in [0.5, 0.6) is 0 Å². The highest BCUT2D eigenvalue weighted by Gasteiger charge is 2.45. The molecule has 0 radical (unpaired) electrons. The summed E-state index contributed by atoms with van der Waals surface area (Å²) >= 11 is 0. The number of ether oxygens (including phenoxy) is 4. The summed E-state index contributed by atoms with van der Waals surface area (Å²) in [5.74, 6) is -4.40. The summed E-state index contributed by atoms with van der Waals surface area (Å²) in [6, 6.07) is 4.04. The Balaban J connectivity index is 2.82. The Morgan fingerprint density at radius 3 is 1.62 bits per heavy atom. The molecule has 12 nitrogen and oxygen atoms in total. The first-order valence-electron chi connectivity index (χ1n) is 12.8. The third kappa shape index (κ3) is 7.13. The van der Waals surface area contributed by atoms with Crippen molar-refractivity contribution in [1.29, 1.82) is 0 Å². The Bertz CT molecular complexity index is 1170. The fourth-order valence-corrected chi connectivity index (χ4v) is 4.32. The molecule has 0 N–H and O–H groups in total. The quantitative estimate of drug-likeness (QED) is 0.121. The zero-order valence-corrected chi connectivity index (χ0v) is 23.4. The zero-order valence-electron chi connectivity index (χ0n) is 23.4. The number of hydrogen-bond acceptors (Lipinski definition) is 11. The maximum atomic E-state index is 13.3. The van der Waals surface area contributed by atoms with E-state index in [-0.39, 0.29) is 54.7 Å². The molecule has 1 aromatic rings. The van der Waals surface area contributed by atoms with Crippen molar-refractivity contribution >= 4 is 35.6 Å². The summed E-state index contributed by atoms with van der Waals surface area (Å²) in [7, 11) is 0. The van der Waals surface area contributed by atoms with Gasteiger partial charge in [-0.15, -0.1) is 0 Å². The predicted molar refractivity (Wildman–Crippen MR) is 143 cm³/mol. The lowest BCUT2D eigenvalue weighted by molar-refractivity contribution is -0.384. The molecule has 1 aliphatic heterocycles. The highest BCUT2D eigenvalue weighted by molar-refractivity contribution is 6.02. The van der Waals surface area contributed by atoms with Crippen LogP contribution < -0.4 is 0 Å². The molecule has 0 spiro atoms. The van der Waals surface area contributed by atoms with Gasteiger partial charge in [-0.2, -0.15) is 0 Å². The minimum Gasteiger partial charge on any atom is -0.464 e. The lowest BCUT2D eigenvalue weighted by atomic mass is 9.83. The molecule has 0 aromatic heterocycles. The molecule has 216 valence electrons. The molecule has 1 aromatic carbocycles. The molecular formula is C28H34N2O10. The number of nitro benzene ring substituents is 1. The summed E-state index contributed by atoms with van der Waals surface area (Å²) in [6.07, 6.45) is 3.16. The van der Waals surface area contributed by atoms with Crippen molar-refractivity contribution in [3.8, 4) is 0 Å². The van der Waals surface area contributed by atoms with E-state index in [1.54, 1.807) is 39.8 Å². The number of rotatable bonds is 12. The van der Waals surface area contributed by atoms with Crippen molar-refractivity contribution in [3.63, 3.8) is 0 Å². The van der Waals surface area contributed by atoms with Crippen LogP contribution in [0.25, 0.3) is 6.08 Å². The van der Waals surface area contributed by atoms with E-state index >= 15 is 0 Å². The first-order valence-corrected chi connectivity index (χ1v) is 12.8. The standard InChI is InChI=1S/C28H34N2O10/c1-7-37-25(31)22-17(5)29(24(27(33)39-9-3)28(34)40-10-4)18(6)23(26(32)38-8-2)21(22)16-13-19-11-14-20(15-12-19)30(35)36/h11-16,21,24H,7-10H2,1-6H3/b16-13+. The molecule has 0 saturated heterocycles. The molecule has 0 atom stereocenters. The number of nitro groups is 1. The summed E-state index contributed by atoms with van der Waals surface area (Å²) in [5, 5.41) is 11.0. The van der Waals surface area contributed by atoms with Gasteiger partial charge in [0.05, 0.1) is 42.5 Å². The molecule has 0 unspecified atom stereocenters. The number of hydrogen-bond donors (Lipinski definition) is 0. The number of carbonyl (C=O) groups excluding carboxylic acids is 4. The topological polar surface area (TPSA) is 152 Å².